The normalized spacial score (nSPS) is 19.9. The predicted octanol–water partition coefficient (Wildman–Crippen LogP) is 1.52. The lowest BCUT2D eigenvalue weighted by molar-refractivity contribution is -0.149. The summed E-state index contributed by atoms with van der Waals surface area (Å²) in [5, 5.41) is 0. The molecule has 0 radical (unpaired) electrons. The minimum Gasteiger partial charge on any atom is -0.469 e. The molecule has 6 nitrogen and oxygen atoms in total. The van der Waals surface area contributed by atoms with Gasteiger partial charge >= 0.3 is 5.97 Å². The van der Waals surface area contributed by atoms with E-state index >= 15 is 0 Å². The molecule has 0 aliphatic carbocycles. The number of piperidine rings is 1. The molecule has 1 aromatic carbocycles. The van der Waals surface area contributed by atoms with Gasteiger partial charge < -0.3 is 9.64 Å². The molecule has 0 bridgehead atoms. The summed E-state index contributed by atoms with van der Waals surface area (Å²) < 4.78 is 4.81. The average Bonchev–Trinajstić information content (AvgIpc) is 2.69. The summed E-state index contributed by atoms with van der Waals surface area (Å²) in [5.41, 5.74) is 2.65. The molecule has 2 saturated heterocycles. The maximum atomic E-state index is 12.6. The molecule has 0 N–H and O–H groups in total. The number of aryl methyl sites for hydroxylation is 1. The van der Waals surface area contributed by atoms with E-state index in [1.54, 1.807) is 0 Å². The fourth-order valence-electron chi connectivity index (χ4n) is 4.00. The number of likely N-dealkylation sites (tertiary alicyclic amines) is 1. The molecule has 148 valence electrons. The summed E-state index contributed by atoms with van der Waals surface area (Å²) in [7, 11) is 1.43. The highest BCUT2D eigenvalue weighted by molar-refractivity contribution is 5.79. The van der Waals surface area contributed by atoms with Crippen LogP contribution in [-0.2, 0) is 20.9 Å². The quantitative estimate of drug-likeness (QED) is 0.733. The van der Waals surface area contributed by atoms with Gasteiger partial charge in [-0.2, -0.15) is 0 Å². The van der Waals surface area contributed by atoms with Crippen LogP contribution in [0.15, 0.2) is 24.3 Å². The number of methoxy groups -OCH3 is 1. The van der Waals surface area contributed by atoms with Crippen LogP contribution in [0.2, 0.25) is 0 Å². The van der Waals surface area contributed by atoms with Crippen molar-refractivity contribution < 1.29 is 14.3 Å². The van der Waals surface area contributed by atoms with E-state index in [4.69, 9.17) is 4.74 Å². The summed E-state index contributed by atoms with van der Waals surface area (Å²) in [6.45, 7) is 8.74. The lowest BCUT2D eigenvalue weighted by atomic mass is 9.97. The Bertz CT molecular complexity index is 648. The molecule has 6 heteroatoms. The summed E-state index contributed by atoms with van der Waals surface area (Å²) in [6.07, 6.45) is 1.42. The first-order valence-electron chi connectivity index (χ1n) is 9.91. The molecular formula is C21H31N3O3. The van der Waals surface area contributed by atoms with Crippen LogP contribution in [0.25, 0.3) is 0 Å². The van der Waals surface area contributed by atoms with Gasteiger partial charge in [-0.1, -0.05) is 29.8 Å². The number of ether oxygens (including phenoxy) is 1. The number of carbonyl (C=O) groups excluding carboxylic acids is 2. The van der Waals surface area contributed by atoms with Crippen molar-refractivity contribution in [1.82, 2.24) is 14.7 Å². The Hall–Kier alpha value is -1.92. The molecular weight excluding hydrogens is 342 g/mol. The Balaban J connectivity index is 1.39. The SMILES string of the molecule is COC(=O)C1CCN(C(=O)CN2CCN(Cc3cccc(C)c3)CC2)CC1. The topological polar surface area (TPSA) is 53.1 Å². The molecule has 1 aromatic rings. The number of benzene rings is 1. The van der Waals surface area contributed by atoms with Gasteiger partial charge in [-0.15, -0.1) is 0 Å². The fraction of sp³-hybridized carbons (Fsp3) is 0.619. The van der Waals surface area contributed by atoms with Crippen LogP contribution in [0.1, 0.15) is 24.0 Å². The van der Waals surface area contributed by atoms with E-state index in [-0.39, 0.29) is 17.8 Å². The fourth-order valence-corrected chi connectivity index (χ4v) is 4.00. The van der Waals surface area contributed by atoms with Crippen molar-refractivity contribution >= 4 is 11.9 Å². The van der Waals surface area contributed by atoms with Crippen molar-refractivity contribution in [1.29, 1.82) is 0 Å². The Morgan fingerprint density at radius 3 is 2.33 bits per heavy atom. The number of amides is 1. The summed E-state index contributed by atoms with van der Waals surface area (Å²) in [6, 6.07) is 8.67. The van der Waals surface area contributed by atoms with Crippen molar-refractivity contribution in [3.63, 3.8) is 0 Å². The Labute approximate surface area is 162 Å². The molecule has 0 saturated carbocycles. The first kappa shape index (κ1) is 19.8. The summed E-state index contributed by atoms with van der Waals surface area (Å²) in [5.74, 6) is -0.0125. The lowest BCUT2D eigenvalue weighted by Gasteiger charge is -2.36. The van der Waals surface area contributed by atoms with Crippen LogP contribution in [0.3, 0.4) is 0 Å². The number of hydrogen-bond acceptors (Lipinski definition) is 5. The van der Waals surface area contributed by atoms with Crippen molar-refractivity contribution in [3.8, 4) is 0 Å². The van der Waals surface area contributed by atoms with Gasteiger partial charge in [0, 0.05) is 45.8 Å². The largest absolute Gasteiger partial charge is 0.469 e. The predicted molar refractivity (Wildman–Crippen MR) is 104 cm³/mol. The second kappa shape index (κ2) is 9.33. The third-order valence-corrected chi connectivity index (χ3v) is 5.69. The van der Waals surface area contributed by atoms with E-state index in [2.05, 4.69) is 41.0 Å². The molecule has 1 amide bonds. The van der Waals surface area contributed by atoms with E-state index < -0.39 is 0 Å². The molecule has 0 atom stereocenters. The molecule has 2 aliphatic heterocycles. The number of esters is 1. The highest BCUT2D eigenvalue weighted by Crippen LogP contribution is 2.19. The van der Waals surface area contributed by atoms with E-state index in [9.17, 15) is 9.59 Å². The van der Waals surface area contributed by atoms with Gasteiger partial charge in [-0.25, -0.2) is 0 Å². The molecule has 0 spiro atoms. The van der Waals surface area contributed by atoms with Crippen LogP contribution in [0.5, 0.6) is 0 Å². The number of hydrogen-bond donors (Lipinski definition) is 0. The van der Waals surface area contributed by atoms with Gasteiger partial charge in [-0.3, -0.25) is 19.4 Å². The van der Waals surface area contributed by atoms with Gasteiger partial charge in [0.1, 0.15) is 0 Å². The second-order valence-corrected chi connectivity index (χ2v) is 7.72. The van der Waals surface area contributed by atoms with Gasteiger partial charge in [-0.05, 0) is 25.3 Å². The minimum atomic E-state index is -0.146. The molecule has 2 fully saturated rings. The number of carbonyl (C=O) groups is 2. The Kier molecular flexibility index (Phi) is 6.85. The van der Waals surface area contributed by atoms with Crippen molar-refractivity contribution in [3.05, 3.63) is 35.4 Å². The smallest absolute Gasteiger partial charge is 0.308 e. The first-order chi connectivity index (χ1) is 13.0. The number of nitrogens with zero attached hydrogens (tertiary/aromatic N) is 3. The lowest BCUT2D eigenvalue weighted by Crippen LogP contribution is -2.51. The zero-order valence-electron chi connectivity index (χ0n) is 16.5. The van der Waals surface area contributed by atoms with E-state index in [1.807, 2.05) is 4.90 Å². The number of rotatable bonds is 5. The van der Waals surface area contributed by atoms with Crippen LogP contribution in [0, 0.1) is 12.8 Å². The monoisotopic (exact) mass is 373 g/mol. The van der Waals surface area contributed by atoms with Gasteiger partial charge in [0.15, 0.2) is 0 Å². The molecule has 0 unspecified atom stereocenters. The van der Waals surface area contributed by atoms with E-state index in [1.165, 1.54) is 18.2 Å². The molecule has 2 heterocycles. The van der Waals surface area contributed by atoms with Crippen molar-refractivity contribution in [2.24, 2.45) is 5.92 Å². The Morgan fingerprint density at radius 1 is 1.04 bits per heavy atom. The molecule has 2 aliphatic rings. The minimum absolute atomic E-state index is 0.0516. The maximum Gasteiger partial charge on any atom is 0.308 e. The standard InChI is InChI=1S/C21H31N3O3/c1-17-4-3-5-18(14-17)15-22-10-12-23(13-11-22)16-20(25)24-8-6-19(7-9-24)21(26)27-2/h3-5,14,19H,6-13,15-16H2,1-2H3. The highest BCUT2D eigenvalue weighted by Gasteiger charge is 2.29. The van der Waals surface area contributed by atoms with Crippen molar-refractivity contribution in [2.75, 3.05) is 52.9 Å². The first-order valence-corrected chi connectivity index (χ1v) is 9.91. The number of piperazine rings is 1. The molecule has 0 aromatic heterocycles. The summed E-state index contributed by atoms with van der Waals surface area (Å²) >= 11 is 0. The second-order valence-electron chi connectivity index (χ2n) is 7.72. The van der Waals surface area contributed by atoms with Crippen LogP contribution in [0.4, 0.5) is 0 Å². The maximum absolute atomic E-state index is 12.6. The van der Waals surface area contributed by atoms with Crippen LogP contribution in [-0.4, -0.2) is 79.5 Å². The zero-order chi connectivity index (χ0) is 19.2. The Morgan fingerprint density at radius 2 is 1.70 bits per heavy atom. The van der Waals surface area contributed by atoms with Crippen molar-refractivity contribution in [2.45, 2.75) is 26.3 Å². The molecule has 27 heavy (non-hydrogen) atoms. The van der Waals surface area contributed by atoms with Gasteiger partial charge in [0.2, 0.25) is 5.91 Å². The van der Waals surface area contributed by atoms with Crippen LogP contribution < -0.4 is 0 Å². The summed E-state index contributed by atoms with van der Waals surface area (Å²) in [4.78, 5) is 30.8. The van der Waals surface area contributed by atoms with E-state index in [0.717, 1.165) is 32.7 Å². The zero-order valence-corrected chi connectivity index (χ0v) is 16.5. The average molecular weight is 373 g/mol. The molecule has 3 rings (SSSR count). The van der Waals surface area contributed by atoms with E-state index in [0.29, 0.717) is 32.5 Å². The highest BCUT2D eigenvalue weighted by atomic mass is 16.5. The van der Waals surface area contributed by atoms with Gasteiger partial charge in [0.05, 0.1) is 19.6 Å². The van der Waals surface area contributed by atoms with Gasteiger partial charge in [0.25, 0.3) is 0 Å². The third kappa shape index (κ3) is 5.53. The third-order valence-electron chi connectivity index (χ3n) is 5.69. The van der Waals surface area contributed by atoms with Crippen LogP contribution >= 0.6 is 0 Å².